The van der Waals surface area contributed by atoms with E-state index in [0.717, 1.165) is 26.2 Å². The van der Waals surface area contributed by atoms with E-state index in [9.17, 15) is 5.11 Å². The second-order valence-electron chi connectivity index (χ2n) is 5.25. The standard InChI is InChI=1S/C12H26N2O/c1-10(2)7-14(8-11(3)15)9-12-5-4-6-13-12/h10-13,15H,4-9H2,1-3H3. The summed E-state index contributed by atoms with van der Waals surface area (Å²) in [6, 6.07) is 0.641. The van der Waals surface area contributed by atoms with Gasteiger partial charge in [0.15, 0.2) is 0 Å². The van der Waals surface area contributed by atoms with Gasteiger partial charge in [0.1, 0.15) is 0 Å². The maximum atomic E-state index is 9.45. The Morgan fingerprint density at radius 2 is 2.07 bits per heavy atom. The van der Waals surface area contributed by atoms with Crippen molar-refractivity contribution < 1.29 is 5.11 Å². The van der Waals surface area contributed by atoms with Crippen LogP contribution in [-0.2, 0) is 0 Å². The molecule has 0 amide bonds. The normalized spacial score (nSPS) is 24.0. The summed E-state index contributed by atoms with van der Waals surface area (Å²) in [5, 5.41) is 13.0. The lowest BCUT2D eigenvalue weighted by Gasteiger charge is -2.28. The fourth-order valence-electron chi connectivity index (χ4n) is 2.34. The lowest BCUT2D eigenvalue weighted by molar-refractivity contribution is 0.113. The van der Waals surface area contributed by atoms with Crippen LogP contribution in [-0.4, -0.2) is 48.3 Å². The quantitative estimate of drug-likeness (QED) is 0.694. The Labute approximate surface area is 93.9 Å². The topological polar surface area (TPSA) is 35.5 Å². The van der Waals surface area contributed by atoms with Crippen LogP contribution in [0.4, 0.5) is 0 Å². The first-order valence-corrected chi connectivity index (χ1v) is 6.21. The van der Waals surface area contributed by atoms with Gasteiger partial charge >= 0.3 is 0 Å². The molecule has 0 saturated carbocycles. The molecule has 0 radical (unpaired) electrons. The van der Waals surface area contributed by atoms with Crippen LogP contribution in [0.3, 0.4) is 0 Å². The summed E-state index contributed by atoms with van der Waals surface area (Å²) < 4.78 is 0. The van der Waals surface area contributed by atoms with Crippen LogP contribution >= 0.6 is 0 Å². The van der Waals surface area contributed by atoms with Gasteiger partial charge < -0.3 is 10.4 Å². The number of rotatable bonds is 6. The van der Waals surface area contributed by atoms with Gasteiger partial charge in [-0.1, -0.05) is 13.8 Å². The minimum Gasteiger partial charge on any atom is -0.392 e. The van der Waals surface area contributed by atoms with Crippen molar-refractivity contribution in [1.82, 2.24) is 10.2 Å². The van der Waals surface area contributed by atoms with Crippen LogP contribution in [0.1, 0.15) is 33.6 Å². The maximum Gasteiger partial charge on any atom is 0.0639 e. The molecule has 1 aliphatic rings. The molecule has 15 heavy (non-hydrogen) atoms. The van der Waals surface area contributed by atoms with Crippen LogP contribution < -0.4 is 5.32 Å². The predicted octanol–water partition coefficient (Wildman–Crippen LogP) is 1.08. The first-order chi connectivity index (χ1) is 7.08. The third kappa shape index (κ3) is 5.50. The lowest BCUT2D eigenvalue weighted by atomic mass is 10.1. The number of nitrogens with one attached hydrogen (secondary N) is 1. The van der Waals surface area contributed by atoms with E-state index in [1.807, 2.05) is 6.92 Å². The third-order valence-electron chi connectivity index (χ3n) is 2.79. The highest BCUT2D eigenvalue weighted by atomic mass is 16.3. The van der Waals surface area contributed by atoms with Crippen LogP contribution in [0.25, 0.3) is 0 Å². The molecular formula is C12H26N2O. The Morgan fingerprint density at radius 1 is 1.33 bits per heavy atom. The van der Waals surface area contributed by atoms with E-state index < -0.39 is 0 Å². The summed E-state index contributed by atoms with van der Waals surface area (Å²) >= 11 is 0. The largest absolute Gasteiger partial charge is 0.392 e. The fraction of sp³-hybridized carbons (Fsp3) is 1.00. The summed E-state index contributed by atoms with van der Waals surface area (Å²) in [4.78, 5) is 2.39. The average Bonchev–Trinajstić information content (AvgIpc) is 2.53. The fourth-order valence-corrected chi connectivity index (χ4v) is 2.34. The molecular weight excluding hydrogens is 188 g/mol. The number of aliphatic hydroxyl groups is 1. The van der Waals surface area contributed by atoms with Crippen molar-refractivity contribution in [2.24, 2.45) is 5.92 Å². The summed E-state index contributed by atoms with van der Waals surface area (Å²) in [6.45, 7) is 10.5. The molecule has 1 rings (SSSR count). The van der Waals surface area contributed by atoms with Gasteiger partial charge in [0.25, 0.3) is 0 Å². The van der Waals surface area contributed by atoms with Crippen LogP contribution in [0.15, 0.2) is 0 Å². The van der Waals surface area contributed by atoms with E-state index in [1.165, 1.54) is 12.8 Å². The number of aliphatic hydroxyl groups excluding tert-OH is 1. The second kappa shape index (κ2) is 6.46. The van der Waals surface area contributed by atoms with E-state index in [4.69, 9.17) is 0 Å². The average molecular weight is 214 g/mol. The molecule has 2 unspecified atom stereocenters. The van der Waals surface area contributed by atoms with Crippen LogP contribution in [0.2, 0.25) is 0 Å². The van der Waals surface area contributed by atoms with Gasteiger partial charge in [-0.3, -0.25) is 4.90 Å². The molecule has 1 fully saturated rings. The lowest BCUT2D eigenvalue weighted by Crippen LogP contribution is -2.42. The van der Waals surface area contributed by atoms with Crippen molar-refractivity contribution in [2.45, 2.75) is 45.8 Å². The van der Waals surface area contributed by atoms with Crippen molar-refractivity contribution in [1.29, 1.82) is 0 Å². The third-order valence-corrected chi connectivity index (χ3v) is 2.79. The second-order valence-corrected chi connectivity index (χ2v) is 5.25. The van der Waals surface area contributed by atoms with E-state index in [0.29, 0.717) is 12.0 Å². The first kappa shape index (κ1) is 12.9. The van der Waals surface area contributed by atoms with Gasteiger partial charge in [-0.15, -0.1) is 0 Å². The molecule has 3 nitrogen and oxygen atoms in total. The van der Waals surface area contributed by atoms with Gasteiger partial charge in [0.05, 0.1) is 6.10 Å². The molecule has 3 heteroatoms. The molecule has 1 aliphatic heterocycles. The molecule has 2 atom stereocenters. The Morgan fingerprint density at radius 3 is 2.53 bits per heavy atom. The molecule has 0 spiro atoms. The summed E-state index contributed by atoms with van der Waals surface area (Å²) in [6.07, 6.45) is 2.37. The van der Waals surface area contributed by atoms with E-state index >= 15 is 0 Å². The molecule has 0 aliphatic carbocycles. The van der Waals surface area contributed by atoms with E-state index in [-0.39, 0.29) is 6.10 Å². The van der Waals surface area contributed by atoms with Crippen molar-refractivity contribution >= 4 is 0 Å². The SMILES string of the molecule is CC(C)CN(CC(C)O)CC1CCCN1. The van der Waals surface area contributed by atoms with Crippen molar-refractivity contribution in [3.05, 3.63) is 0 Å². The number of hydrogen-bond donors (Lipinski definition) is 2. The van der Waals surface area contributed by atoms with Gasteiger partial charge in [-0.25, -0.2) is 0 Å². The molecule has 0 aromatic rings. The monoisotopic (exact) mass is 214 g/mol. The van der Waals surface area contributed by atoms with Gasteiger partial charge in [0, 0.05) is 25.7 Å². The minimum absolute atomic E-state index is 0.217. The zero-order chi connectivity index (χ0) is 11.3. The van der Waals surface area contributed by atoms with Crippen molar-refractivity contribution in [2.75, 3.05) is 26.2 Å². The summed E-state index contributed by atoms with van der Waals surface area (Å²) in [5.41, 5.74) is 0. The number of nitrogens with zero attached hydrogens (tertiary/aromatic N) is 1. The maximum absolute atomic E-state index is 9.45. The molecule has 2 N–H and O–H groups in total. The van der Waals surface area contributed by atoms with Gasteiger partial charge in [-0.2, -0.15) is 0 Å². The highest BCUT2D eigenvalue weighted by Gasteiger charge is 2.19. The predicted molar refractivity (Wildman–Crippen MR) is 64.0 cm³/mol. The highest BCUT2D eigenvalue weighted by Crippen LogP contribution is 2.09. The highest BCUT2D eigenvalue weighted by molar-refractivity contribution is 4.78. The van der Waals surface area contributed by atoms with Crippen molar-refractivity contribution in [3.8, 4) is 0 Å². The Bertz CT molecular complexity index is 155. The molecule has 90 valence electrons. The van der Waals surface area contributed by atoms with E-state index in [1.54, 1.807) is 0 Å². The van der Waals surface area contributed by atoms with Crippen LogP contribution in [0.5, 0.6) is 0 Å². The van der Waals surface area contributed by atoms with E-state index in [2.05, 4.69) is 24.1 Å². The first-order valence-electron chi connectivity index (χ1n) is 6.21. The van der Waals surface area contributed by atoms with Gasteiger partial charge in [0.2, 0.25) is 0 Å². The minimum atomic E-state index is -0.217. The van der Waals surface area contributed by atoms with Gasteiger partial charge in [-0.05, 0) is 32.2 Å². The Kier molecular flexibility index (Phi) is 5.58. The molecule has 1 saturated heterocycles. The number of hydrogen-bond acceptors (Lipinski definition) is 3. The zero-order valence-electron chi connectivity index (χ0n) is 10.4. The molecule has 0 aromatic carbocycles. The molecule has 1 heterocycles. The Balaban J connectivity index is 2.32. The smallest absolute Gasteiger partial charge is 0.0639 e. The molecule has 0 bridgehead atoms. The molecule has 0 aromatic heterocycles. The summed E-state index contributed by atoms with van der Waals surface area (Å²) in [7, 11) is 0. The Hall–Kier alpha value is -0.120. The zero-order valence-corrected chi connectivity index (χ0v) is 10.4. The summed E-state index contributed by atoms with van der Waals surface area (Å²) in [5.74, 6) is 0.671. The van der Waals surface area contributed by atoms with Crippen LogP contribution in [0, 0.1) is 5.92 Å². The van der Waals surface area contributed by atoms with Crippen molar-refractivity contribution in [3.63, 3.8) is 0 Å².